The van der Waals surface area contributed by atoms with Gasteiger partial charge in [0.05, 0.1) is 13.2 Å². The van der Waals surface area contributed by atoms with Gasteiger partial charge in [0.15, 0.2) is 5.78 Å². The first-order valence-corrected chi connectivity index (χ1v) is 9.07. The lowest BCUT2D eigenvalue weighted by molar-refractivity contribution is -0.121. The summed E-state index contributed by atoms with van der Waals surface area (Å²) in [5, 5.41) is 2.95. The maximum Gasteiger partial charge on any atom is 0.220 e. The summed E-state index contributed by atoms with van der Waals surface area (Å²) < 4.78 is 5.08. The molecule has 144 valence electrons. The highest BCUT2D eigenvalue weighted by Crippen LogP contribution is 2.18. The van der Waals surface area contributed by atoms with Crippen LogP contribution < -0.4 is 10.1 Å². The van der Waals surface area contributed by atoms with Crippen LogP contribution in [0.4, 0.5) is 0 Å². The summed E-state index contributed by atoms with van der Waals surface area (Å²) in [6, 6.07) is 15.3. The highest BCUT2D eigenvalue weighted by atomic mass is 16.5. The number of rotatable bonds is 9. The van der Waals surface area contributed by atoms with E-state index in [9.17, 15) is 9.59 Å². The minimum Gasteiger partial charge on any atom is -0.497 e. The van der Waals surface area contributed by atoms with Crippen LogP contribution >= 0.6 is 0 Å². The second kappa shape index (κ2) is 9.88. The predicted octanol–water partition coefficient (Wildman–Crippen LogP) is 3.39. The third-order valence-corrected chi connectivity index (χ3v) is 4.57. The summed E-state index contributed by atoms with van der Waals surface area (Å²) in [7, 11) is 5.56. The Labute approximate surface area is 161 Å². The Morgan fingerprint density at radius 3 is 2.19 bits per heavy atom. The molecule has 2 aromatic carbocycles. The first kappa shape index (κ1) is 20.6. The van der Waals surface area contributed by atoms with Crippen molar-refractivity contribution in [3.63, 3.8) is 0 Å². The van der Waals surface area contributed by atoms with Crippen LogP contribution in [0.15, 0.2) is 48.5 Å². The number of hydrogen-bond donors (Lipinski definition) is 1. The maximum atomic E-state index is 12.2. The lowest BCUT2D eigenvalue weighted by atomic mass is 10.0. The first-order valence-electron chi connectivity index (χ1n) is 9.07. The van der Waals surface area contributed by atoms with E-state index in [1.165, 1.54) is 5.56 Å². The molecule has 0 aromatic heterocycles. The number of nitrogens with one attached hydrogen (secondary N) is 1. The number of ketones is 1. The molecule has 5 nitrogen and oxygen atoms in total. The fourth-order valence-electron chi connectivity index (χ4n) is 2.83. The highest BCUT2D eigenvalue weighted by Gasteiger charge is 2.16. The number of ether oxygens (including phenoxy) is 1. The normalized spacial score (nSPS) is 11.9. The monoisotopic (exact) mass is 368 g/mol. The van der Waals surface area contributed by atoms with Crippen LogP contribution in [0.25, 0.3) is 0 Å². The molecule has 2 aromatic rings. The van der Waals surface area contributed by atoms with E-state index in [1.807, 2.05) is 14.1 Å². The second-order valence-electron chi connectivity index (χ2n) is 6.85. The number of amides is 1. The molecule has 0 saturated heterocycles. The van der Waals surface area contributed by atoms with Crippen molar-refractivity contribution in [3.05, 3.63) is 65.2 Å². The molecule has 1 amide bonds. The van der Waals surface area contributed by atoms with Gasteiger partial charge in [0.2, 0.25) is 5.91 Å². The molecule has 0 fully saturated rings. The second-order valence-corrected chi connectivity index (χ2v) is 6.85. The van der Waals surface area contributed by atoms with E-state index in [4.69, 9.17) is 4.74 Å². The molecule has 27 heavy (non-hydrogen) atoms. The molecule has 1 N–H and O–H groups in total. The molecule has 0 radical (unpaired) electrons. The number of Topliss-reactive ketones (excluding diaryl/α,β-unsaturated/α-hetero) is 1. The van der Waals surface area contributed by atoms with E-state index in [2.05, 4.69) is 41.4 Å². The molecule has 1 atom stereocenters. The number of methoxy groups -OCH3 is 1. The topological polar surface area (TPSA) is 58.6 Å². The van der Waals surface area contributed by atoms with Crippen molar-refractivity contribution >= 4 is 11.7 Å². The molecular weight excluding hydrogens is 340 g/mol. The van der Waals surface area contributed by atoms with Gasteiger partial charge in [-0.25, -0.2) is 0 Å². The standard InChI is InChI=1S/C22H28N2O3/c1-16-5-7-17(8-6-16)20(24(2)3)15-23-22(26)14-13-21(25)18-9-11-19(27-4)12-10-18/h5-12,20H,13-15H2,1-4H3,(H,23,26). The molecule has 0 bridgehead atoms. The SMILES string of the molecule is COc1ccc(C(=O)CCC(=O)NCC(c2ccc(C)cc2)N(C)C)cc1. The Kier molecular flexibility index (Phi) is 7.55. The van der Waals surface area contributed by atoms with Crippen molar-refractivity contribution in [1.82, 2.24) is 10.2 Å². The fourth-order valence-corrected chi connectivity index (χ4v) is 2.83. The van der Waals surface area contributed by atoms with Gasteiger partial charge in [0, 0.05) is 24.9 Å². The summed E-state index contributed by atoms with van der Waals surface area (Å²) in [5.41, 5.74) is 2.95. The van der Waals surface area contributed by atoms with Crippen LogP contribution in [-0.4, -0.2) is 44.3 Å². The van der Waals surface area contributed by atoms with Gasteiger partial charge in [0.25, 0.3) is 0 Å². The number of aryl methyl sites for hydroxylation is 1. The zero-order valence-corrected chi connectivity index (χ0v) is 16.5. The molecular formula is C22H28N2O3. The van der Waals surface area contributed by atoms with Crippen molar-refractivity contribution in [2.45, 2.75) is 25.8 Å². The van der Waals surface area contributed by atoms with Crippen LogP contribution in [0.3, 0.4) is 0 Å². The highest BCUT2D eigenvalue weighted by molar-refractivity contribution is 5.98. The van der Waals surface area contributed by atoms with Crippen LogP contribution in [0.1, 0.15) is 40.4 Å². The van der Waals surface area contributed by atoms with Gasteiger partial charge < -0.3 is 15.0 Å². The molecule has 0 spiro atoms. The number of benzene rings is 2. The van der Waals surface area contributed by atoms with Crippen molar-refractivity contribution in [2.24, 2.45) is 0 Å². The summed E-state index contributed by atoms with van der Waals surface area (Å²) in [6.07, 6.45) is 0.369. The van der Waals surface area contributed by atoms with E-state index in [-0.39, 0.29) is 30.6 Å². The molecule has 0 aliphatic rings. The van der Waals surface area contributed by atoms with Crippen molar-refractivity contribution in [2.75, 3.05) is 27.7 Å². The van der Waals surface area contributed by atoms with Crippen LogP contribution in [0.5, 0.6) is 5.75 Å². The first-order chi connectivity index (χ1) is 12.9. The van der Waals surface area contributed by atoms with E-state index < -0.39 is 0 Å². The Balaban J connectivity index is 1.84. The summed E-state index contributed by atoms with van der Waals surface area (Å²) >= 11 is 0. The van der Waals surface area contributed by atoms with Gasteiger partial charge in [-0.2, -0.15) is 0 Å². The van der Waals surface area contributed by atoms with Crippen molar-refractivity contribution in [1.29, 1.82) is 0 Å². The molecule has 0 saturated carbocycles. The lowest BCUT2D eigenvalue weighted by Crippen LogP contribution is -2.34. The van der Waals surface area contributed by atoms with Crippen LogP contribution in [0, 0.1) is 6.92 Å². The molecule has 0 aliphatic heterocycles. The van der Waals surface area contributed by atoms with Gasteiger partial charge >= 0.3 is 0 Å². The zero-order valence-electron chi connectivity index (χ0n) is 16.5. The van der Waals surface area contributed by atoms with E-state index in [1.54, 1.807) is 31.4 Å². The molecule has 0 aliphatic carbocycles. The summed E-state index contributed by atoms with van der Waals surface area (Å²) in [5.74, 6) is 0.543. The van der Waals surface area contributed by atoms with Gasteiger partial charge in [-0.1, -0.05) is 29.8 Å². The van der Waals surface area contributed by atoms with Crippen LogP contribution in [0.2, 0.25) is 0 Å². The lowest BCUT2D eigenvalue weighted by Gasteiger charge is -2.25. The average molecular weight is 368 g/mol. The van der Waals surface area contributed by atoms with Gasteiger partial charge in [-0.15, -0.1) is 0 Å². The summed E-state index contributed by atoms with van der Waals surface area (Å²) in [6.45, 7) is 2.56. The number of hydrogen-bond acceptors (Lipinski definition) is 4. The van der Waals surface area contributed by atoms with E-state index in [0.29, 0.717) is 17.9 Å². The number of likely N-dealkylation sites (N-methyl/N-ethyl adjacent to an activating group) is 1. The van der Waals surface area contributed by atoms with Gasteiger partial charge in [0.1, 0.15) is 5.75 Å². The Hall–Kier alpha value is -2.66. The molecule has 2 rings (SSSR count). The minimum atomic E-state index is -0.115. The Bertz CT molecular complexity index is 752. The molecule has 1 unspecified atom stereocenters. The van der Waals surface area contributed by atoms with Crippen molar-refractivity contribution in [3.8, 4) is 5.75 Å². The minimum absolute atomic E-state index is 0.0458. The third-order valence-electron chi connectivity index (χ3n) is 4.57. The van der Waals surface area contributed by atoms with Crippen molar-refractivity contribution < 1.29 is 14.3 Å². The van der Waals surface area contributed by atoms with E-state index in [0.717, 1.165) is 5.56 Å². The summed E-state index contributed by atoms with van der Waals surface area (Å²) in [4.78, 5) is 26.5. The Morgan fingerprint density at radius 1 is 1.00 bits per heavy atom. The third kappa shape index (κ3) is 6.22. The van der Waals surface area contributed by atoms with E-state index >= 15 is 0 Å². The quantitative estimate of drug-likeness (QED) is 0.690. The zero-order chi connectivity index (χ0) is 19.8. The number of nitrogens with zero attached hydrogens (tertiary/aromatic N) is 1. The van der Waals surface area contributed by atoms with Crippen LogP contribution in [-0.2, 0) is 4.79 Å². The number of carbonyl (C=O) groups excluding carboxylic acids is 2. The average Bonchev–Trinajstić information content (AvgIpc) is 2.67. The Morgan fingerprint density at radius 2 is 1.63 bits per heavy atom. The largest absolute Gasteiger partial charge is 0.497 e. The maximum absolute atomic E-state index is 12.2. The van der Waals surface area contributed by atoms with Gasteiger partial charge in [-0.3, -0.25) is 9.59 Å². The molecule has 0 heterocycles. The fraction of sp³-hybridized carbons (Fsp3) is 0.364. The smallest absolute Gasteiger partial charge is 0.220 e. The number of carbonyl (C=O) groups is 2. The molecule has 5 heteroatoms. The predicted molar refractivity (Wildman–Crippen MR) is 107 cm³/mol. The van der Waals surface area contributed by atoms with Gasteiger partial charge in [-0.05, 0) is 50.8 Å².